The van der Waals surface area contributed by atoms with Crippen LogP contribution in [0.3, 0.4) is 0 Å². The third kappa shape index (κ3) is 4.49. The average molecular weight is 295 g/mol. The van der Waals surface area contributed by atoms with E-state index < -0.39 is 11.7 Å². The third-order valence-electron chi connectivity index (χ3n) is 2.73. The zero-order chi connectivity index (χ0) is 15.3. The van der Waals surface area contributed by atoms with E-state index in [0.717, 1.165) is 11.3 Å². The molecule has 1 unspecified atom stereocenters. The second-order valence-corrected chi connectivity index (χ2v) is 5.65. The van der Waals surface area contributed by atoms with E-state index in [-0.39, 0.29) is 6.04 Å². The Hall–Kier alpha value is -1.62. The number of amides is 1. The number of methoxy groups -OCH3 is 1. The van der Waals surface area contributed by atoms with E-state index in [1.54, 1.807) is 7.11 Å². The molecule has 0 N–H and O–H groups in total. The van der Waals surface area contributed by atoms with Crippen molar-refractivity contribution in [3.05, 3.63) is 29.8 Å². The number of hydrogen-bond donors (Lipinski definition) is 0. The summed E-state index contributed by atoms with van der Waals surface area (Å²) in [5.41, 5.74) is 1.73. The molecule has 4 nitrogen and oxygen atoms in total. The minimum atomic E-state index is -0.548. The Labute approximate surface area is 125 Å². The van der Waals surface area contributed by atoms with Crippen molar-refractivity contribution >= 4 is 23.8 Å². The summed E-state index contributed by atoms with van der Waals surface area (Å²) < 4.78 is 10.5. The molecule has 0 fully saturated rings. The SMILES string of the molecule is COc1ccc(C(C)N(C=S)C(=O)OC(C)(C)C)cc1. The predicted octanol–water partition coefficient (Wildman–Crippen LogP) is 3.95. The predicted molar refractivity (Wildman–Crippen MR) is 83.1 cm³/mol. The molecule has 110 valence electrons. The second-order valence-electron chi connectivity index (χ2n) is 5.44. The summed E-state index contributed by atoms with van der Waals surface area (Å²) in [5.74, 6) is 0.770. The molecule has 0 aliphatic rings. The number of rotatable bonds is 4. The van der Waals surface area contributed by atoms with Crippen molar-refractivity contribution < 1.29 is 14.3 Å². The lowest BCUT2D eigenvalue weighted by molar-refractivity contribution is 0.0333. The number of hydrogen-bond acceptors (Lipinski definition) is 4. The van der Waals surface area contributed by atoms with Crippen LogP contribution in [0.25, 0.3) is 0 Å². The van der Waals surface area contributed by atoms with Gasteiger partial charge >= 0.3 is 6.09 Å². The Morgan fingerprint density at radius 3 is 2.25 bits per heavy atom. The minimum absolute atomic E-state index is 0.201. The highest BCUT2D eigenvalue weighted by molar-refractivity contribution is 7.78. The molecular formula is C15H21NO3S. The molecule has 0 saturated carbocycles. The van der Waals surface area contributed by atoms with Crippen LogP contribution in [0.4, 0.5) is 4.79 Å². The Balaban J connectivity index is 2.87. The number of carbonyl (C=O) groups is 1. The van der Waals surface area contributed by atoms with E-state index in [9.17, 15) is 4.79 Å². The van der Waals surface area contributed by atoms with E-state index in [1.807, 2.05) is 52.0 Å². The number of nitrogens with zero attached hydrogens (tertiary/aromatic N) is 1. The van der Waals surface area contributed by atoms with Gasteiger partial charge in [-0.05, 0) is 45.4 Å². The maximum atomic E-state index is 12.1. The highest BCUT2D eigenvalue weighted by atomic mass is 32.1. The van der Waals surface area contributed by atoms with Crippen LogP contribution in [0.2, 0.25) is 0 Å². The van der Waals surface area contributed by atoms with Crippen molar-refractivity contribution in [2.24, 2.45) is 0 Å². The van der Waals surface area contributed by atoms with Crippen LogP contribution in [-0.4, -0.2) is 29.2 Å². The Morgan fingerprint density at radius 2 is 1.85 bits per heavy atom. The molecule has 1 atom stereocenters. The molecular weight excluding hydrogens is 274 g/mol. The van der Waals surface area contributed by atoms with E-state index in [4.69, 9.17) is 21.7 Å². The van der Waals surface area contributed by atoms with Crippen molar-refractivity contribution in [1.29, 1.82) is 0 Å². The first kappa shape index (κ1) is 16.4. The van der Waals surface area contributed by atoms with Gasteiger partial charge in [0.1, 0.15) is 11.4 Å². The van der Waals surface area contributed by atoms with E-state index >= 15 is 0 Å². The molecule has 0 bridgehead atoms. The van der Waals surface area contributed by atoms with Crippen molar-refractivity contribution in [2.45, 2.75) is 39.3 Å². The molecule has 0 spiro atoms. The van der Waals surface area contributed by atoms with Gasteiger partial charge in [0, 0.05) is 0 Å². The molecule has 1 rings (SSSR count). The number of thiocarbonyl (C=S) groups is 1. The van der Waals surface area contributed by atoms with Gasteiger partial charge < -0.3 is 9.47 Å². The lowest BCUT2D eigenvalue weighted by Gasteiger charge is -2.28. The Bertz CT molecular complexity index is 465. The summed E-state index contributed by atoms with van der Waals surface area (Å²) >= 11 is 4.94. The van der Waals surface area contributed by atoms with Crippen LogP contribution < -0.4 is 4.74 Å². The lowest BCUT2D eigenvalue weighted by Crippen LogP contribution is -2.37. The number of benzene rings is 1. The van der Waals surface area contributed by atoms with Gasteiger partial charge in [-0.1, -0.05) is 24.4 Å². The quantitative estimate of drug-likeness (QED) is 0.788. The molecule has 1 aromatic rings. The molecule has 0 saturated heterocycles. The zero-order valence-corrected chi connectivity index (χ0v) is 13.4. The molecule has 1 amide bonds. The van der Waals surface area contributed by atoms with Crippen LogP contribution in [0.1, 0.15) is 39.3 Å². The van der Waals surface area contributed by atoms with Crippen molar-refractivity contribution in [2.75, 3.05) is 7.11 Å². The number of carbonyl (C=O) groups excluding carboxylic acids is 1. The number of ether oxygens (including phenoxy) is 2. The first-order valence-corrected chi connectivity index (χ1v) is 6.86. The minimum Gasteiger partial charge on any atom is -0.497 e. The fraction of sp³-hybridized carbons (Fsp3) is 0.467. The highest BCUT2D eigenvalue weighted by Crippen LogP contribution is 2.23. The summed E-state index contributed by atoms with van der Waals surface area (Å²) in [7, 11) is 1.61. The summed E-state index contributed by atoms with van der Waals surface area (Å²) in [6, 6.07) is 7.30. The van der Waals surface area contributed by atoms with Crippen LogP contribution in [-0.2, 0) is 4.74 Å². The summed E-state index contributed by atoms with van der Waals surface area (Å²) in [6.45, 7) is 7.37. The second kappa shape index (κ2) is 6.70. The smallest absolute Gasteiger partial charge is 0.415 e. The summed E-state index contributed by atoms with van der Waals surface area (Å²) in [5, 5.41) is 0. The van der Waals surface area contributed by atoms with Crippen molar-refractivity contribution in [1.82, 2.24) is 4.90 Å². The van der Waals surface area contributed by atoms with E-state index in [1.165, 1.54) is 10.4 Å². The summed E-state index contributed by atoms with van der Waals surface area (Å²) in [4.78, 5) is 13.5. The van der Waals surface area contributed by atoms with Crippen LogP contribution in [0, 0.1) is 0 Å². The van der Waals surface area contributed by atoms with Gasteiger partial charge in [-0.2, -0.15) is 0 Å². The van der Waals surface area contributed by atoms with Crippen molar-refractivity contribution in [3.8, 4) is 5.75 Å². The first-order valence-electron chi connectivity index (χ1n) is 6.39. The zero-order valence-electron chi connectivity index (χ0n) is 12.5. The van der Waals surface area contributed by atoms with Gasteiger partial charge in [-0.25, -0.2) is 4.79 Å². The van der Waals surface area contributed by atoms with Gasteiger partial charge in [0.25, 0.3) is 0 Å². The normalized spacial score (nSPS) is 12.4. The fourth-order valence-corrected chi connectivity index (χ4v) is 1.92. The first-order chi connectivity index (χ1) is 9.28. The largest absolute Gasteiger partial charge is 0.497 e. The van der Waals surface area contributed by atoms with Crippen LogP contribution >= 0.6 is 12.2 Å². The van der Waals surface area contributed by atoms with Gasteiger partial charge in [-0.15, -0.1) is 0 Å². The monoisotopic (exact) mass is 295 g/mol. The molecule has 1 aromatic carbocycles. The van der Waals surface area contributed by atoms with Crippen molar-refractivity contribution in [3.63, 3.8) is 0 Å². The fourth-order valence-electron chi connectivity index (χ4n) is 1.65. The third-order valence-corrected chi connectivity index (χ3v) is 2.96. The Morgan fingerprint density at radius 1 is 1.30 bits per heavy atom. The molecule has 0 aromatic heterocycles. The molecule has 20 heavy (non-hydrogen) atoms. The lowest BCUT2D eigenvalue weighted by atomic mass is 10.1. The Kier molecular flexibility index (Phi) is 5.51. The van der Waals surface area contributed by atoms with Gasteiger partial charge in [0.2, 0.25) is 0 Å². The van der Waals surface area contributed by atoms with E-state index in [2.05, 4.69) is 0 Å². The summed E-state index contributed by atoms with van der Waals surface area (Å²) in [6.07, 6.45) is -0.448. The molecule has 0 aliphatic heterocycles. The van der Waals surface area contributed by atoms with Gasteiger partial charge in [0.15, 0.2) is 0 Å². The average Bonchev–Trinajstić information content (AvgIpc) is 2.37. The van der Waals surface area contributed by atoms with Crippen LogP contribution in [0.5, 0.6) is 5.75 Å². The standard InChI is InChI=1S/C15H21NO3S/c1-11(12-6-8-13(18-5)9-7-12)16(10-20)14(17)19-15(2,3)4/h6-11H,1-5H3. The highest BCUT2D eigenvalue weighted by Gasteiger charge is 2.25. The molecule has 0 radical (unpaired) electrons. The topological polar surface area (TPSA) is 38.8 Å². The molecule has 0 aliphatic carbocycles. The molecule has 0 heterocycles. The molecule has 5 heteroatoms. The van der Waals surface area contributed by atoms with Gasteiger partial charge in [-0.3, -0.25) is 4.90 Å². The van der Waals surface area contributed by atoms with Gasteiger partial charge in [0.05, 0.1) is 18.6 Å². The van der Waals surface area contributed by atoms with Crippen LogP contribution in [0.15, 0.2) is 24.3 Å². The maximum absolute atomic E-state index is 12.1. The van der Waals surface area contributed by atoms with E-state index in [0.29, 0.717) is 0 Å². The maximum Gasteiger partial charge on any atom is 0.415 e.